The number of pyridine rings is 2. The third-order valence-electron chi connectivity index (χ3n) is 10.8. The van der Waals surface area contributed by atoms with Gasteiger partial charge in [-0.25, -0.2) is 4.98 Å². The van der Waals surface area contributed by atoms with E-state index < -0.39 is 14.4 Å². The van der Waals surface area contributed by atoms with Gasteiger partial charge in [-0.2, -0.15) is 0 Å². The van der Waals surface area contributed by atoms with Crippen molar-refractivity contribution in [1.29, 1.82) is 0 Å². The van der Waals surface area contributed by atoms with Gasteiger partial charge >= 0.3 is 0 Å². The molecule has 4 heterocycles. The maximum Gasteiger partial charge on any atom is 0.216 e. The molecule has 1 radical (unpaired) electrons. The number of hydrogen-bond donors (Lipinski definition) is 0. The topological polar surface area (TPSA) is 56.7 Å². The number of para-hydroxylation sites is 3. The van der Waals surface area contributed by atoms with Crippen LogP contribution in [0.1, 0.15) is 27.8 Å². The fraction of sp³-hybridized carbons (Fsp3) is 0.145. The number of furan rings is 1. The molecule has 0 saturated carbocycles. The Morgan fingerprint density at radius 3 is 2.05 bits per heavy atom. The molecule has 0 aliphatic carbocycles. The Balaban J connectivity index is 0.000000208. The summed E-state index contributed by atoms with van der Waals surface area (Å²) in [5.41, 5.74) is 13.0. The summed E-state index contributed by atoms with van der Waals surface area (Å²) >= 11 is 0. The molecule has 0 N–H and O–H groups in total. The molecule has 4 aromatic heterocycles. The first-order chi connectivity index (χ1) is 30.4. The normalized spacial score (nSPS) is 12.2. The van der Waals surface area contributed by atoms with Crippen molar-refractivity contribution >= 4 is 46.4 Å². The minimum atomic E-state index is -1.67. The van der Waals surface area contributed by atoms with Crippen molar-refractivity contribution < 1.29 is 27.3 Å². The molecule has 0 spiro atoms. The van der Waals surface area contributed by atoms with E-state index in [1.54, 1.807) is 0 Å². The smallest absolute Gasteiger partial charge is 0.216 e. The Hall–Kier alpha value is -6.24. The molecule has 5 nitrogen and oxygen atoms in total. The predicted octanol–water partition coefficient (Wildman–Crippen LogP) is 13.7. The van der Waals surface area contributed by atoms with E-state index >= 15 is 0 Å². The van der Waals surface area contributed by atoms with E-state index in [4.69, 9.17) is 12.1 Å². The van der Waals surface area contributed by atoms with Gasteiger partial charge in [0.2, 0.25) is 5.71 Å². The van der Waals surface area contributed by atoms with Crippen molar-refractivity contribution in [3.8, 4) is 50.6 Å². The van der Waals surface area contributed by atoms with E-state index in [1.165, 1.54) is 0 Å². The molecular weight excluding hydrogens is 953 g/mol. The summed E-state index contributed by atoms with van der Waals surface area (Å²) < 4.78 is 25.8. The van der Waals surface area contributed by atoms with E-state index in [-0.39, 0.29) is 26.0 Å². The third kappa shape index (κ3) is 8.49. The Bertz CT molecular complexity index is 3180. The van der Waals surface area contributed by atoms with Gasteiger partial charge in [0.1, 0.15) is 0 Å². The molecule has 10 aromatic rings. The number of imidazole rings is 1. The maximum atomic E-state index is 8.55. The zero-order chi connectivity index (χ0) is 43.9. The van der Waals surface area contributed by atoms with Crippen molar-refractivity contribution in [2.45, 2.75) is 46.8 Å². The van der Waals surface area contributed by atoms with E-state index in [9.17, 15) is 0 Å². The van der Waals surface area contributed by atoms with Crippen LogP contribution in [0.3, 0.4) is 0 Å². The van der Waals surface area contributed by atoms with Gasteiger partial charge in [-0.3, -0.25) is 4.98 Å². The molecular formula is C55H48IrN4OSi-2. The Labute approximate surface area is 381 Å². The predicted molar refractivity (Wildman–Crippen MR) is 256 cm³/mol. The van der Waals surface area contributed by atoms with Crippen molar-refractivity contribution in [2.24, 2.45) is 5.92 Å². The minimum Gasteiger partial charge on any atom is -0.486 e. The van der Waals surface area contributed by atoms with Gasteiger partial charge in [0.25, 0.3) is 0 Å². The number of benzene rings is 6. The first-order valence-corrected chi connectivity index (χ1v) is 24.3. The Kier molecular flexibility index (Phi) is 11.6. The molecule has 0 fully saturated rings. The second kappa shape index (κ2) is 18.0. The first-order valence-electron chi connectivity index (χ1n) is 21.8. The van der Waals surface area contributed by atoms with Crippen LogP contribution >= 0.6 is 0 Å². The van der Waals surface area contributed by atoms with Crippen molar-refractivity contribution in [3.05, 3.63) is 187 Å². The molecule has 10 rings (SSSR count). The first kappa shape index (κ1) is 39.9. The summed E-state index contributed by atoms with van der Waals surface area (Å²) in [6.07, 6.45) is 0.528. The summed E-state index contributed by atoms with van der Waals surface area (Å²) in [7, 11) is -1.67. The summed E-state index contributed by atoms with van der Waals surface area (Å²) in [6.45, 7) is 12.5. The molecule has 309 valence electrons. The molecule has 62 heavy (non-hydrogen) atoms. The molecule has 0 amide bonds. The minimum absolute atomic E-state index is 0. The van der Waals surface area contributed by atoms with Gasteiger partial charge in [-0.1, -0.05) is 147 Å². The number of nitrogens with zero attached hydrogens (tertiary/aromatic N) is 4. The Morgan fingerprint density at radius 1 is 0.710 bits per heavy atom. The largest absolute Gasteiger partial charge is 0.486 e. The molecule has 6 aromatic carbocycles. The fourth-order valence-corrected chi connectivity index (χ4v) is 9.37. The Morgan fingerprint density at radius 2 is 1.39 bits per heavy atom. The number of aromatic nitrogens is 4. The average molecular weight is 1000 g/mol. The van der Waals surface area contributed by atoms with Gasteiger partial charge in [0.15, 0.2) is 0 Å². The summed E-state index contributed by atoms with van der Waals surface area (Å²) in [5.74, 6) is 0.686. The van der Waals surface area contributed by atoms with Crippen LogP contribution in [-0.4, -0.2) is 27.6 Å². The molecule has 0 unspecified atom stereocenters. The van der Waals surface area contributed by atoms with Gasteiger partial charge < -0.3 is 14.0 Å². The molecule has 0 saturated heterocycles. The summed E-state index contributed by atoms with van der Waals surface area (Å²) in [5, 5.41) is 3.09. The monoisotopic (exact) mass is 1000 g/mol. The SMILES string of the molecule is Cc1ccc2c(n1)oc1c(-c3nc4ccccc4n3-c3c(-c4ccccc4)cccc3-c3ccccc3)[c-]ccc12.[2H]C([2H])(c1cc(-c2[c-]cccc2)ncc1[Si](C)(C)C)C(C)C.[Ir]. The van der Waals surface area contributed by atoms with E-state index in [0.717, 1.165) is 94.4 Å². The van der Waals surface area contributed by atoms with Crippen LogP contribution in [0.4, 0.5) is 0 Å². The zero-order valence-electron chi connectivity index (χ0n) is 37.7. The van der Waals surface area contributed by atoms with Gasteiger partial charge in [-0.15, -0.1) is 54.1 Å². The van der Waals surface area contributed by atoms with Crippen molar-refractivity contribution in [3.63, 3.8) is 0 Å². The van der Waals surface area contributed by atoms with E-state index in [0.29, 0.717) is 5.71 Å². The van der Waals surface area contributed by atoms with Gasteiger partial charge in [-0.05, 0) is 65.5 Å². The summed E-state index contributed by atoms with van der Waals surface area (Å²) in [6, 6.07) is 60.3. The standard InChI is InChI=1S/C37H24N3O.C18H24NSi.Ir/c1-24-22-23-30-29-18-11-19-31(35(29)41-37(30)38-24)36-39-32-20-8-9-21-33(32)40(36)34-27(25-12-4-2-5-13-25)16-10-17-28(34)26-14-6-3-7-15-26;1-14(2)11-16-12-17(15-9-7-6-8-10-15)19-13-18(16)20(3,4)5;/h2-18,20-23H,1H3;6-9,12-14H,11H2,1-5H3;/q2*-1;/i;11D2;. The molecule has 0 bridgehead atoms. The number of hydrogen-bond acceptors (Lipinski definition) is 4. The number of fused-ring (bicyclic) bond motifs is 4. The van der Waals surface area contributed by atoms with Crippen LogP contribution in [0.5, 0.6) is 0 Å². The van der Waals surface area contributed by atoms with Crippen molar-refractivity contribution in [2.75, 3.05) is 0 Å². The zero-order valence-corrected chi connectivity index (χ0v) is 39.1. The second-order valence-electron chi connectivity index (χ2n) is 16.6. The van der Waals surface area contributed by atoms with E-state index in [1.807, 2.05) is 81.6 Å². The maximum absolute atomic E-state index is 8.55. The second-order valence-corrected chi connectivity index (χ2v) is 21.7. The van der Waals surface area contributed by atoms with Crippen LogP contribution in [0.15, 0.2) is 168 Å². The van der Waals surface area contributed by atoms with Crippen LogP contribution in [0, 0.1) is 25.0 Å². The quantitative estimate of drug-likeness (QED) is 0.112. The van der Waals surface area contributed by atoms with Crippen LogP contribution in [-0.2, 0) is 26.5 Å². The van der Waals surface area contributed by atoms with Crippen LogP contribution in [0.25, 0.3) is 83.7 Å². The van der Waals surface area contributed by atoms with Crippen LogP contribution < -0.4 is 5.19 Å². The summed E-state index contributed by atoms with van der Waals surface area (Å²) in [4.78, 5) is 14.5. The number of aryl methyl sites for hydroxylation is 1. The fourth-order valence-electron chi connectivity index (χ4n) is 7.97. The molecule has 0 atom stereocenters. The van der Waals surface area contributed by atoms with Crippen LogP contribution in [0.2, 0.25) is 19.6 Å². The van der Waals surface area contributed by atoms with Crippen molar-refractivity contribution in [1.82, 2.24) is 19.5 Å². The average Bonchev–Trinajstić information content (AvgIpc) is 3.87. The molecule has 0 aliphatic rings. The van der Waals surface area contributed by atoms with E-state index in [2.05, 4.69) is 149 Å². The van der Waals surface area contributed by atoms with Gasteiger partial charge in [0, 0.05) is 51.3 Å². The molecule has 7 heteroatoms. The number of rotatable bonds is 8. The van der Waals surface area contributed by atoms with Gasteiger partial charge in [0.05, 0.1) is 36.2 Å². The molecule has 0 aliphatic heterocycles. The third-order valence-corrected chi connectivity index (χ3v) is 12.8.